The summed E-state index contributed by atoms with van der Waals surface area (Å²) in [6.07, 6.45) is 2.13. The average molecular weight is 281 g/mol. The summed E-state index contributed by atoms with van der Waals surface area (Å²) in [5, 5.41) is 16.4. The molecule has 0 aliphatic heterocycles. The number of carbonyl (C=O) groups is 1. The van der Waals surface area contributed by atoms with E-state index in [1.54, 1.807) is 18.1 Å². The molecule has 0 spiro atoms. The van der Waals surface area contributed by atoms with E-state index in [1.807, 2.05) is 0 Å². The summed E-state index contributed by atoms with van der Waals surface area (Å²) in [5.41, 5.74) is 0.246. The van der Waals surface area contributed by atoms with Crippen molar-refractivity contribution in [3.05, 3.63) is 40.9 Å². The van der Waals surface area contributed by atoms with Crippen LogP contribution < -0.4 is 5.32 Å². The molecule has 7 heteroatoms. The maximum Gasteiger partial charge on any atom is 0.252 e. The van der Waals surface area contributed by atoms with E-state index < -0.39 is 0 Å². The van der Waals surface area contributed by atoms with Gasteiger partial charge in [0.2, 0.25) is 0 Å². The van der Waals surface area contributed by atoms with E-state index in [0.717, 1.165) is 0 Å². The maximum atomic E-state index is 11.9. The summed E-state index contributed by atoms with van der Waals surface area (Å²) in [5.74, 6) is 0.322. The van der Waals surface area contributed by atoms with Crippen LogP contribution in [0.15, 0.2) is 24.5 Å². The lowest BCUT2D eigenvalue weighted by molar-refractivity contribution is 0.0953. The Hall–Kier alpha value is -2.08. The average Bonchev–Trinajstić information content (AvgIpc) is 2.78. The quantitative estimate of drug-likeness (QED) is 0.880. The van der Waals surface area contributed by atoms with Crippen LogP contribution in [0.4, 0.5) is 0 Å². The fourth-order valence-electron chi connectivity index (χ4n) is 1.57. The Morgan fingerprint density at radius 3 is 3.00 bits per heavy atom. The van der Waals surface area contributed by atoms with E-state index in [2.05, 4.69) is 15.4 Å². The number of aromatic hydroxyl groups is 1. The van der Waals surface area contributed by atoms with Gasteiger partial charge in [0.1, 0.15) is 12.1 Å². The van der Waals surface area contributed by atoms with Gasteiger partial charge in [0.25, 0.3) is 5.91 Å². The van der Waals surface area contributed by atoms with Crippen molar-refractivity contribution in [3.63, 3.8) is 0 Å². The number of aryl methyl sites for hydroxylation is 1. The minimum absolute atomic E-state index is 0.000873. The van der Waals surface area contributed by atoms with Crippen molar-refractivity contribution in [3.8, 4) is 5.75 Å². The van der Waals surface area contributed by atoms with Gasteiger partial charge in [-0.1, -0.05) is 11.6 Å². The summed E-state index contributed by atoms with van der Waals surface area (Å²) in [4.78, 5) is 15.9. The molecule has 0 aliphatic carbocycles. The van der Waals surface area contributed by atoms with Gasteiger partial charge >= 0.3 is 0 Å². The Morgan fingerprint density at radius 1 is 1.53 bits per heavy atom. The lowest BCUT2D eigenvalue weighted by Gasteiger charge is -2.06. The normalized spacial score (nSPS) is 10.4. The third-order valence-electron chi connectivity index (χ3n) is 2.48. The summed E-state index contributed by atoms with van der Waals surface area (Å²) in [6.45, 7) is 0.398. The molecular weight excluding hydrogens is 268 g/mol. The number of rotatable bonds is 4. The van der Waals surface area contributed by atoms with Gasteiger partial charge in [-0.3, -0.25) is 9.48 Å². The van der Waals surface area contributed by atoms with E-state index in [1.165, 1.54) is 18.2 Å². The van der Waals surface area contributed by atoms with Gasteiger partial charge < -0.3 is 10.4 Å². The number of carbonyl (C=O) groups excluding carboxylic acids is 1. The number of hydrogen-bond donors (Lipinski definition) is 2. The molecule has 2 rings (SSSR count). The molecule has 19 heavy (non-hydrogen) atoms. The largest absolute Gasteiger partial charge is 0.508 e. The molecule has 1 heterocycles. The van der Waals surface area contributed by atoms with Gasteiger partial charge in [0.15, 0.2) is 5.82 Å². The molecule has 100 valence electrons. The van der Waals surface area contributed by atoms with Gasteiger partial charge in [-0.25, -0.2) is 4.98 Å². The molecule has 0 fully saturated rings. The first-order valence-electron chi connectivity index (χ1n) is 5.67. The number of hydrogen-bond acceptors (Lipinski definition) is 4. The van der Waals surface area contributed by atoms with Crippen molar-refractivity contribution < 1.29 is 9.90 Å². The fraction of sp³-hybridized carbons (Fsp3) is 0.250. The monoisotopic (exact) mass is 280 g/mol. The Balaban J connectivity index is 1.92. The maximum absolute atomic E-state index is 11.9. The zero-order valence-electron chi connectivity index (χ0n) is 10.3. The van der Waals surface area contributed by atoms with Crippen molar-refractivity contribution in [2.45, 2.75) is 6.42 Å². The van der Waals surface area contributed by atoms with E-state index in [-0.39, 0.29) is 17.2 Å². The van der Waals surface area contributed by atoms with Gasteiger partial charge in [-0.15, -0.1) is 0 Å². The number of nitrogens with zero attached hydrogens (tertiary/aromatic N) is 3. The third-order valence-corrected chi connectivity index (χ3v) is 2.81. The van der Waals surface area contributed by atoms with Gasteiger partial charge in [0.05, 0.1) is 10.6 Å². The smallest absolute Gasteiger partial charge is 0.252 e. The molecule has 0 saturated carbocycles. The third kappa shape index (κ3) is 3.45. The minimum atomic E-state index is -0.336. The van der Waals surface area contributed by atoms with Crippen molar-refractivity contribution in [2.75, 3.05) is 6.54 Å². The van der Waals surface area contributed by atoms with Crippen molar-refractivity contribution in [2.24, 2.45) is 7.05 Å². The summed E-state index contributed by atoms with van der Waals surface area (Å²) in [7, 11) is 1.78. The number of phenols is 1. The number of nitrogens with one attached hydrogen (secondary N) is 1. The highest BCUT2D eigenvalue weighted by Crippen LogP contribution is 2.20. The summed E-state index contributed by atoms with van der Waals surface area (Å²) >= 11 is 5.89. The van der Waals surface area contributed by atoms with Crippen LogP contribution in [0, 0.1) is 0 Å². The highest BCUT2D eigenvalue weighted by Gasteiger charge is 2.11. The van der Waals surface area contributed by atoms with Crippen LogP contribution in [-0.2, 0) is 13.5 Å². The molecule has 1 amide bonds. The number of amides is 1. The molecule has 0 saturated heterocycles. The summed E-state index contributed by atoms with van der Waals surface area (Å²) < 4.78 is 1.60. The van der Waals surface area contributed by atoms with Gasteiger partial charge in [-0.2, -0.15) is 5.10 Å². The zero-order chi connectivity index (χ0) is 13.8. The first kappa shape index (κ1) is 13.4. The Kier molecular flexibility index (Phi) is 4.01. The molecule has 0 atom stereocenters. The van der Waals surface area contributed by atoms with Crippen LogP contribution in [0.2, 0.25) is 5.02 Å². The molecule has 6 nitrogen and oxygen atoms in total. The highest BCUT2D eigenvalue weighted by atomic mass is 35.5. The molecule has 2 N–H and O–H groups in total. The Morgan fingerprint density at radius 2 is 2.32 bits per heavy atom. The second kappa shape index (κ2) is 5.71. The Labute approximate surface area is 115 Å². The van der Waals surface area contributed by atoms with Crippen LogP contribution in [0.1, 0.15) is 16.2 Å². The number of phenolic OH excluding ortho intramolecular Hbond substituents is 1. The fourth-order valence-corrected chi connectivity index (χ4v) is 1.77. The van der Waals surface area contributed by atoms with Gasteiger partial charge in [0, 0.05) is 20.0 Å². The van der Waals surface area contributed by atoms with E-state index in [0.29, 0.717) is 23.8 Å². The lowest BCUT2D eigenvalue weighted by atomic mass is 10.2. The number of halogens is 1. The minimum Gasteiger partial charge on any atom is -0.508 e. The van der Waals surface area contributed by atoms with Crippen LogP contribution in [0.3, 0.4) is 0 Å². The van der Waals surface area contributed by atoms with E-state index in [4.69, 9.17) is 11.6 Å². The molecule has 1 aromatic heterocycles. The first-order chi connectivity index (χ1) is 9.06. The lowest BCUT2D eigenvalue weighted by Crippen LogP contribution is -2.26. The van der Waals surface area contributed by atoms with E-state index >= 15 is 0 Å². The van der Waals surface area contributed by atoms with Crippen molar-refractivity contribution >= 4 is 17.5 Å². The van der Waals surface area contributed by atoms with Crippen LogP contribution in [0.25, 0.3) is 0 Å². The molecule has 0 unspecified atom stereocenters. The predicted octanol–water partition coefficient (Wildman–Crippen LogP) is 1.15. The second-order valence-corrected chi connectivity index (χ2v) is 4.41. The van der Waals surface area contributed by atoms with Crippen molar-refractivity contribution in [1.29, 1.82) is 0 Å². The molecule has 0 aliphatic rings. The van der Waals surface area contributed by atoms with Crippen molar-refractivity contribution in [1.82, 2.24) is 20.1 Å². The zero-order valence-corrected chi connectivity index (χ0v) is 11.1. The molecule has 1 aromatic carbocycles. The second-order valence-electron chi connectivity index (χ2n) is 4.00. The predicted molar refractivity (Wildman–Crippen MR) is 70.2 cm³/mol. The number of benzene rings is 1. The molecule has 0 radical (unpaired) electrons. The molecular formula is C12H13ClN4O2. The SMILES string of the molecule is Cn1cnc(CCNC(=O)c2cc(O)ccc2Cl)n1. The van der Waals surface area contributed by atoms with Gasteiger partial charge in [-0.05, 0) is 18.2 Å². The van der Waals surface area contributed by atoms with E-state index in [9.17, 15) is 9.90 Å². The van der Waals surface area contributed by atoms with Crippen LogP contribution in [0.5, 0.6) is 5.75 Å². The Bertz CT molecular complexity index is 597. The first-order valence-corrected chi connectivity index (χ1v) is 6.05. The van der Waals surface area contributed by atoms with Crippen LogP contribution in [-0.4, -0.2) is 32.3 Å². The molecule has 0 bridgehead atoms. The molecule has 2 aromatic rings. The standard InChI is InChI=1S/C12H13ClN4O2/c1-17-7-15-11(16-17)4-5-14-12(19)9-6-8(18)2-3-10(9)13/h2-3,6-7,18H,4-5H2,1H3,(H,14,19). The highest BCUT2D eigenvalue weighted by molar-refractivity contribution is 6.33. The summed E-state index contributed by atoms with van der Waals surface area (Å²) in [6, 6.07) is 4.24. The topological polar surface area (TPSA) is 80.0 Å². The number of aromatic nitrogens is 3. The van der Waals surface area contributed by atoms with Crippen LogP contribution >= 0.6 is 11.6 Å².